The fraction of sp³-hybridized carbons (Fsp3) is 0.316. The number of rotatable bonds is 3. The molecule has 26 heavy (non-hydrogen) atoms. The van der Waals surface area contributed by atoms with Gasteiger partial charge in [0, 0.05) is 23.6 Å². The van der Waals surface area contributed by atoms with Crippen LogP contribution >= 0.6 is 11.8 Å². The smallest absolute Gasteiger partial charge is 0.257 e. The van der Waals surface area contributed by atoms with E-state index in [1.165, 1.54) is 23.9 Å². The summed E-state index contributed by atoms with van der Waals surface area (Å²) in [6.07, 6.45) is 1.97. The van der Waals surface area contributed by atoms with Crippen molar-refractivity contribution in [1.29, 1.82) is 0 Å². The Bertz CT molecular complexity index is 966. The predicted molar refractivity (Wildman–Crippen MR) is 99.0 cm³/mol. The molecule has 0 spiro atoms. The van der Waals surface area contributed by atoms with E-state index in [1.54, 1.807) is 12.1 Å². The Labute approximate surface area is 154 Å². The highest BCUT2D eigenvalue weighted by molar-refractivity contribution is 7.99. The molecule has 0 bridgehead atoms. The summed E-state index contributed by atoms with van der Waals surface area (Å²) in [6, 6.07) is 5.98. The molecule has 1 aliphatic heterocycles. The molecule has 7 heteroatoms. The van der Waals surface area contributed by atoms with Gasteiger partial charge in [0.05, 0.1) is 5.56 Å². The van der Waals surface area contributed by atoms with Gasteiger partial charge in [-0.05, 0) is 36.3 Å². The molecule has 2 aliphatic rings. The second kappa shape index (κ2) is 6.72. The van der Waals surface area contributed by atoms with Gasteiger partial charge >= 0.3 is 0 Å². The first-order valence-corrected chi connectivity index (χ1v) is 9.62. The molecular weight excluding hydrogens is 353 g/mol. The van der Waals surface area contributed by atoms with E-state index in [4.69, 9.17) is 0 Å². The van der Waals surface area contributed by atoms with Gasteiger partial charge < -0.3 is 10.3 Å². The molecule has 0 fully saturated rings. The number of nitrogens with one attached hydrogen (secondary N) is 2. The van der Waals surface area contributed by atoms with Crippen LogP contribution in [0.2, 0.25) is 0 Å². The van der Waals surface area contributed by atoms with Crippen LogP contribution in [-0.4, -0.2) is 21.5 Å². The largest absolute Gasteiger partial charge is 0.343 e. The van der Waals surface area contributed by atoms with Gasteiger partial charge in [-0.2, -0.15) is 0 Å². The number of thioether (sulfide) groups is 1. The molecule has 1 aromatic carbocycles. The Morgan fingerprint density at radius 3 is 2.73 bits per heavy atom. The Morgan fingerprint density at radius 1 is 1.23 bits per heavy atom. The summed E-state index contributed by atoms with van der Waals surface area (Å²) >= 11 is 1.45. The molecule has 134 valence electrons. The third-order valence-corrected chi connectivity index (χ3v) is 5.48. The van der Waals surface area contributed by atoms with Crippen molar-refractivity contribution < 1.29 is 9.18 Å². The highest BCUT2D eigenvalue weighted by Gasteiger charge is 2.37. The van der Waals surface area contributed by atoms with Crippen LogP contribution in [0.15, 0.2) is 45.5 Å². The van der Waals surface area contributed by atoms with E-state index in [-0.39, 0.29) is 17.2 Å². The molecule has 4 rings (SSSR count). The second-order valence-electron chi connectivity index (χ2n) is 6.34. The van der Waals surface area contributed by atoms with Crippen LogP contribution in [0.3, 0.4) is 0 Å². The number of benzene rings is 1. The lowest BCUT2D eigenvalue weighted by atomic mass is 9.76. The maximum atomic E-state index is 13.4. The van der Waals surface area contributed by atoms with E-state index in [2.05, 4.69) is 15.3 Å². The molecule has 0 saturated carbocycles. The van der Waals surface area contributed by atoms with E-state index in [0.717, 1.165) is 29.9 Å². The first-order valence-electron chi connectivity index (χ1n) is 8.64. The quantitative estimate of drug-likeness (QED) is 0.637. The van der Waals surface area contributed by atoms with Crippen molar-refractivity contribution in [2.24, 2.45) is 0 Å². The summed E-state index contributed by atoms with van der Waals surface area (Å²) in [5.74, 6) is 0.438. The standard InChI is InChI=1S/C19H18FN3O2S/c1-2-26-19-22-17-16(18(25)23-19)14(10-6-8-11(20)9-7-10)15-12(21-17)4-3-5-13(15)24/h6-9,14H,2-5H2,1H3,(H2,21,22,23,25)/t14-/m0/s1. The third-order valence-electron chi connectivity index (χ3n) is 4.72. The zero-order chi connectivity index (χ0) is 18.3. The summed E-state index contributed by atoms with van der Waals surface area (Å²) < 4.78 is 13.4. The van der Waals surface area contributed by atoms with Gasteiger partial charge in [-0.25, -0.2) is 9.37 Å². The number of ketones is 1. The number of allylic oxidation sites excluding steroid dienone is 2. The molecule has 5 nitrogen and oxygen atoms in total. The topological polar surface area (TPSA) is 74.8 Å². The summed E-state index contributed by atoms with van der Waals surface area (Å²) in [4.78, 5) is 32.9. The molecule has 0 saturated heterocycles. The van der Waals surface area contributed by atoms with E-state index >= 15 is 0 Å². The summed E-state index contributed by atoms with van der Waals surface area (Å²) in [7, 11) is 0. The Kier molecular flexibility index (Phi) is 4.40. The molecule has 0 radical (unpaired) electrons. The molecule has 0 amide bonds. The number of aromatic nitrogens is 2. The van der Waals surface area contributed by atoms with Gasteiger partial charge in [-0.15, -0.1) is 0 Å². The average Bonchev–Trinajstić information content (AvgIpc) is 2.61. The number of aromatic amines is 1. The Balaban J connectivity index is 1.94. The number of halogens is 1. The van der Waals surface area contributed by atoms with Crippen molar-refractivity contribution in [3.63, 3.8) is 0 Å². The second-order valence-corrected chi connectivity index (χ2v) is 7.60. The van der Waals surface area contributed by atoms with Gasteiger partial charge in [0.2, 0.25) is 0 Å². The van der Waals surface area contributed by atoms with E-state index in [0.29, 0.717) is 28.5 Å². The van der Waals surface area contributed by atoms with Crippen molar-refractivity contribution in [1.82, 2.24) is 9.97 Å². The van der Waals surface area contributed by atoms with Crippen molar-refractivity contribution in [3.8, 4) is 0 Å². The van der Waals surface area contributed by atoms with Crippen molar-refractivity contribution in [3.05, 3.63) is 62.8 Å². The monoisotopic (exact) mass is 371 g/mol. The molecule has 1 aromatic heterocycles. The lowest BCUT2D eigenvalue weighted by Gasteiger charge is -2.32. The van der Waals surface area contributed by atoms with Gasteiger partial charge in [-0.3, -0.25) is 9.59 Å². The van der Waals surface area contributed by atoms with Gasteiger partial charge in [-0.1, -0.05) is 30.8 Å². The normalized spacial score (nSPS) is 19.0. The number of H-pyrrole nitrogens is 1. The third kappa shape index (κ3) is 2.86. The molecule has 1 atom stereocenters. The highest BCUT2D eigenvalue weighted by Crippen LogP contribution is 2.43. The molecule has 2 aromatic rings. The summed E-state index contributed by atoms with van der Waals surface area (Å²) in [5, 5.41) is 3.77. The van der Waals surface area contributed by atoms with E-state index < -0.39 is 5.92 Å². The number of anilines is 1. The molecule has 1 aliphatic carbocycles. The van der Waals surface area contributed by atoms with Crippen LogP contribution in [0.1, 0.15) is 43.2 Å². The maximum Gasteiger partial charge on any atom is 0.257 e. The summed E-state index contributed by atoms with van der Waals surface area (Å²) in [5.41, 5.74) is 2.32. The first kappa shape index (κ1) is 17.0. The Hall–Kier alpha value is -2.41. The van der Waals surface area contributed by atoms with Crippen molar-refractivity contribution in [2.75, 3.05) is 11.1 Å². The minimum atomic E-state index is -0.522. The van der Waals surface area contributed by atoms with Gasteiger partial charge in [0.1, 0.15) is 11.6 Å². The minimum absolute atomic E-state index is 0.0325. The Morgan fingerprint density at radius 2 is 2.00 bits per heavy atom. The number of Topliss-reactive ketones (excluding diaryl/α,β-unsaturated/α-hetero) is 1. The maximum absolute atomic E-state index is 13.4. The van der Waals surface area contributed by atoms with Crippen LogP contribution in [0.5, 0.6) is 0 Å². The van der Waals surface area contributed by atoms with Crippen LogP contribution in [0, 0.1) is 5.82 Å². The van der Waals surface area contributed by atoms with Crippen LogP contribution in [0.4, 0.5) is 10.2 Å². The van der Waals surface area contributed by atoms with Gasteiger partial charge in [0.25, 0.3) is 5.56 Å². The fourth-order valence-corrected chi connectivity index (χ4v) is 4.23. The van der Waals surface area contributed by atoms with Crippen molar-refractivity contribution in [2.45, 2.75) is 37.3 Å². The van der Waals surface area contributed by atoms with Gasteiger partial charge in [0.15, 0.2) is 10.9 Å². The van der Waals surface area contributed by atoms with Crippen LogP contribution < -0.4 is 10.9 Å². The van der Waals surface area contributed by atoms with E-state index in [9.17, 15) is 14.0 Å². The average molecular weight is 371 g/mol. The van der Waals surface area contributed by atoms with Crippen molar-refractivity contribution >= 4 is 23.4 Å². The number of carbonyl (C=O) groups excluding carboxylic acids is 1. The number of nitrogens with zero attached hydrogens (tertiary/aromatic N) is 1. The molecular formula is C19H18FN3O2S. The molecule has 2 heterocycles. The van der Waals surface area contributed by atoms with Crippen LogP contribution in [0.25, 0.3) is 0 Å². The SMILES string of the molecule is CCSc1nc2c(c(=O)[nH]1)[C@@H](c1ccc(F)cc1)C1=C(CCCC1=O)N2. The minimum Gasteiger partial charge on any atom is -0.343 e. The van der Waals surface area contributed by atoms with E-state index in [1.807, 2.05) is 6.92 Å². The molecule has 2 N–H and O–H groups in total. The fourth-order valence-electron chi connectivity index (χ4n) is 3.63. The number of hydrogen-bond acceptors (Lipinski definition) is 5. The lowest BCUT2D eigenvalue weighted by Crippen LogP contribution is -2.32. The number of hydrogen-bond donors (Lipinski definition) is 2. The van der Waals surface area contributed by atoms with Crippen LogP contribution in [-0.2, 0) is 4.79 Å². The summed E-state index contributed by atoms with van der Waals surface area (Å²) in [6.45, 7) is 1.99. The first-order chi connectivity index (χ1) is 12.6. The number of fused-ring (bicyclic) bond motifs is 1. The highest BCUT2D eigenvalue weighted by atomic mass is 32.2. The zero-order valence-corrected chi connectivity index (χ0v) is 15.1. The number of carbonyl (C=O) groups is 1. The lowest BCUT2D eigenvalue weighted by molar-refractivity contribution is -0.116. The predicted octanol–water partition coefficient (Wildman–Crippen LogP) is 3.59. The zero-order valence-electron chi connectivity index (χ0n) is 14.3. The molecule has 0 unspecified atom stereocenters.